The third kappa shape index (κ3) is 8.07. The van der Waals surface area contributed by atoms with E-state index in [-0.39, 0.29) is 0 Å². The minimum absolute atomic E-state index is 0.588. The van der Waals surface area contributed by atoms with Gasteiger partial charge in [-0.15, -0.1) is 0 Å². The van der Waals surface area contributed by atoms with Gasteiger partial charge in [0.1, 0.15) is 0 Å². The molecular weight excluding hydrogens is 885 g/mol. The zero-order valence-corrected chi connectivity index (χ0v) is 39.8. The van der Waals surface area contributed by atoms with Crippen molar-refractivity contribution in [1.29, 1.82) is 0 Å². The van der Waals surface area contributed by atoms with E-state index < -0.39 is 0 Å². The number of nitrogens with zero attached hydrogens (tertiary/aromatic N) is 4. The number of rotatable bonds is 10. The van der Waals surface area contributed by atoms with Crippen molar-refractivity contribution in [2.45, 2.75) is 0 Å². The monoisotopic (exact) mass is 930 g/mol. The molecule has 2 aromatic heterocycles. The lowest BCUT2D eigenvalue weighted by molar-refractivity contribution is 1.07. The van der Waals surface area contributed by atoms with Crippen molar-refractivity contribution in [1.82, 2.24) is 19.5 Å². The lowest BCUT2D eigenvalue weighted by Gasteiger charge is -2.23. The highest BCUT2D eigenvalue weighted by molar-refractivity contribution is 6.23. The van der Waals surface area contributed by atoms with Gasteiger partial charge in [-0.05, 0) is 68.8 Å². The topological polar surface area (TPSA) is 43.6 Å². The quantitative estimate of drug-likeness (QED) is 0.137. The van der Waals surface area contributed by atoms with Gasteiger partial charge in [-0.1, -0.05) is 255 Å². The van der Waals surface area contributed by atoms with Crippen molar-refractivity contribution in [3.8, 4) is 107 Å². The molecular formula is C69H46N4. The molecule has 11 aromatic carbocycles. The van der Waals surface area contributed by atoms with Crippen LogP contribution in [-0.4, -0.2) is 19.5 Å². The standard InChI is InChI=1S/C69H46N4/c1-9-25-47(26-10-1)55-43-59(50-31-15-4-16-32-50)65-62(44-55)63-57(48-27-11-2-12-28-48)41-42-58(49-29-13-3-14-30-49)66(63)73(65)64-60(51-33-17-5-18-34-51)45-56(46-61(64)52-35-19-6-20-36-52)69-71-67(53-37-21-7-22-38-53)70-68(72-69)54-39-23-8-24-40-54/h1-46H. The summed E-state index contributed by atoms with van der Waals surface area (Å²) in [5.74, 6) is 1.81. The van der Waals surface area contributed by atoms with E-state index in [2.05, 4.69) is 247 Å². The molecule has 0 aliphatic heterocycles. The average Bonchev–Trinajstić information content (AvgIpc) is 3.83. The first-order chi connectivity index (χ1) is 36.2. The van der Waals surface area contributed by atoms with E-state index in [4.69, 9.17) is 15.0 Å². The van der Waals surface area contributed by atoms with Crippen LogP contribution in [0.3, 0.4) is 0 Å². The van der Waals surface area contributed by atoms with Crippen molar-refractivity contribution in [3.63, 3.8) is 0 Å². The van der Waals surface area contributed by atoms with Crippen LogP contribution in [-0.2, 0) is 0 Å². The first kappa shape index (κ1) is 43.3. The fraction of sp³-hybridized carbons (Fsp3) is 0. The SMILES string of the molecule is c1ccc(-c2cc(-c3ccccc3)c3c(c2)c2c(-c4ccccc4)ccc(-c4ccccc4)c2n3-c2c(-c3ccccc3)cc(-c3nc(-c4ccccc4)nc(-c4ccccc4)n3)cc2-c2ccccc2)cc1. The van der Waals surface area contributed by atoms with Crippen LogP contribution in [0.5, 0.6) is 0 Å². The van der Waals surface area contributed by atoms with Crippen LogP contribution in [0.2, 0.25) is 0 Å². The maximum absolute atomic E-state index is 5.32. The van der Waals surface area contributed by atoms with E-state index in [9.17, 15) is 0 Å². The largest absolute Gasteiger partial charge is 0.307 e. The Kier molecular flexibility index (Phi) is 11.2. The zero-order chi connectivity index (χ0) is 48.5. The summed E-state index contributed by atoms with van der Waals surface area (Å²) in [7, 11) is 0. The summed E-state index contributed by atoms with van der Waals surface area (Å²) in [6.07, 6.45) is 0. The summed E-state index contributed by atoms with van der Waals surface area (Å²) in [6, 6.07) is 99.5. The highest BCUT2D eigenvalue weighted by atomic mass is 15.0. The van der Waals surface area contributed by atoms with Gasteiger partial charge in [0.2, 0.25) is 0 Å². The van der Waals surface area contributed by atoms with Gasteiger partial charge in [-0.2, -0.15) is 0 Å². The fourth-order valence-electron chi connectivity index (χ4n) is 10.5. The Bertz CT molecular complexity index is 3950. The molecule has 4 heteroatoms. The zero-order valence-electron chi connectivity index (χ0n) is 39.8. The van der Waals surface area contributed by atoms with Gasteiger partial charge >= 0.3 is 0 Å². The molecule has 0 spiro atoms. The summed E-state index contributed by atoms with van der Waals surface area (Å²) in [4.78, 5) is 15.7. The Morgan fingerprint density at radius 2 is 0.534 bits per heavy atom. The highest BCUT2D eigenvalue weighted by Crippen LogP contribution is 2.51. The average molecular weight is 931 g/mol. The van der Waals surface area contributed by atoms with Crippen LogP contribution < -0.4 is 0 Å². The number of benzene rings is 11. The van der Waals surface area contributed by atoms with E-state index >= 15 is 0 Å². The normalized spacial score (nSPS) is 11.3. The van der Waals surface area contributed by atoms with Crippen LogP contribution in [0.25, 0.3) is 128 Å². The Morgan fingerprint density at radius 1 is 0.219 bits per heavy atom. The first-order valence-corrected chi connectivity index (χ1v) is 24.8. The molecule has 13 rings (SSSR count). The molecule has 342 valence electrons. The first-order valence-electron chi connectivity index (χ1n) is 24.8. The Hall–Kier alpha value is -9.77. The predicted molar refractivity (Wildman–Crippen MR) is 303 cm³/mol. The Labute approximate surface area is 424 Å². The van der Waals surface area contributed by atoms with Crippen molar-refractivity contribution in [2.24, 2.45) is 0 Å². The van der Waals surface area contributed by atoms with Gasteiger partial charge < -0.3 is 4.57 Å². The van der Waals surface area contributed by atoms with Crippen molar-refractivity contribution >= 4 is 21.8 Å². The third-order valence-corrected chi connectivity index (χ3v) is 13.8. The minimum atomic E-state index is 0.588. The lowest BCUT2D eigenvalue weighted by atomic mass is 9.91. The number of fused-ring (bicyclic) bond motifs is 3. The second-order valence-corrected chi connectivity index (χ2v) is 18.3. The highest BCUT2D eigenvalue weighted by Gasteiger charge is 2.28. The molecule has 13 aromatic rings. The summed E-state index contributed by atoms with van der Waals surface area (Å²) in [5, 5.41) is 2.34. The molecule has 2 heterocycles. The molecule has 0 saturated carbocycles. The molecule has 0 unspecified atom stereocenters. The second-order valence-electron chi connectivity index (χ2n) is 18.3. The van der Waals surface area contributed by atoms with E-state index in [1.807, 2.05) is 36.4 Å². The van der Waals surface area contributed by atoms with Crippen molar-refractivity contribution in [2.75, 3.05) is 0 Å². The molecule has 0 aliphatic rings. The summed E-state index contributed by atoms with van der Waals surface area (Å²) in [5.41, 5.74) is 19.3. The van der Waals surface area contributed by atoms with E-state index in [1.165, 1.54) is 5.39 Å². The van der Waals surface area contributed by atoms with Crippen LogP contribution in [0.15, 0.2) is 279 Å². The molecule has 0 bridgehead atoms. The molecule has 0 N–H and O–H groups in total. The minimum Gasteiger partial charge on any atom is -0.307 e. The number of hydrogen-bond donors (Lipinski definition) is 0. The molecule has 0 amide bonds. The fourth-order valence-corrected chi connectivity index (χ4v) is 10.5. The van der Waals surface area contributed by atoms with Gasteiger partial charge in [0.15, 0.2) is 17.5 Å². The van der Waals surface area contributed by atoms with Gasteiger partial charge in [-0.25, -0.2) is 15.0 Å². The molecule has 4 nitrogen and oxygen atoms in total. The molecule has 0 saturated heterocycles. The van der Waals surface area contributed by atoms with Gasteiger partial charge in [0, 0.05) is 49.7 Å². The lowest BCUT2D eigenvalue weighted by Crippen LogP contribution is -2.05. The van der Waals surface area contributed by atoms with Crippen LogP contribution >= 0.6 is 0 Å². The number of hydrogen-bond acceptors (Lipinski definition) is 3. The molecule has 0 aliphatic carbocycles. The maximum atomic E-state index is 5.32. The molecule has 0 atom stereocenters. The maximum Gasteiger partial charge on any atom is 0.164 e. The van der Waals surface area contributed by atoms with Gasteiger partial charge in [0.05, 0.1) is 16.7 Å². The van der Waals surface area contributed by atoms with Gasteiger partial charge in [-0.3, -0.25) is 0 Å². The van der Waals surface area contributed by atoms with E-state index in [0.29, 0.717) is 17.5 Å². The Balaban J connectivity index is 1.25. The second kappa shape index (κ2) is 18.9. The summed E-state index contributed by atoms with van der Waals surface area (Å²) in [6.45, 7) is 0. The van der Waals surface area contributed by atoms with E-state index in [1.54, 1.807) is 0 Å². The number of aromatic nitrogens is 4. The Morgan fingerprint density at radius 3 is 0.959 bits per heavy atom. The van der Waals surface area contributed by atoms with Crippen LogP contribution in [0.1, 0.15) is 0 Å². The van der Waals surface area contributed by atoms with E-state index in [0.717, 1.165) is 106 Å². The smallest absolute Gasteiger partial charge is 0.164 e. The molecule has 0 radical (unpaired) electrons. The summed E-state index contributed by atoms with van der Waals surface area (Å²) >= 11 is 0. The molecule has 0 fully saturated rings. The van der Waals surface area contributed by atoms with Crippen LogP contribution in [0.4, 0.5) is 0 Å². The third-order valence-electron chi connectivity index (χ3n) is 13.8. The van der Waals surface area contributed by atoms with Crippen molar-refractivity contribution < 1.29 is 0 Å². The van der Waals surface area contributed by atoms with Gasteiger partial charge in [0.25, 0.3) is 0 Å². The predicted octanol–water partition coefficient (Wildman–Crippen LogP) is 18.0. The summed E-state index contributed by atoms with van der Waals surface area (Å²) < 4.78 is 2.60. The van der Waals surface area contributed by atoms with Crippen molar-refractivity contribution in [3.05, 3.63) is 279 Å². The van der Waals surface area contributed by atoms with Crippen LogP contribution in [0, 0.1) is 0 Å². The molecule has 73 heavy (non-hydrogen) atoms.